The Morgan fingerprint density at radius 1 is 1.22 bits per heavy atom. The second kappa shape index (κ2) is 6.01. The zero-order valence-corrected chi connectivity index (χ0v) is 14.9. The van der Waals surface area contributed by atoms with Crippen molar-refractivity contribution in [2.24, 2.45) is 4.99 Å². The number of benzene rings is 2. The van der Waals surface area contributed by atoms with Crippen molar-refractivity contribution < 1.29 is 0 Å². The van der Waals surface area contributed by atoms with Gasteiger partial charge in [-0.3, -0.25) is 4.99 Å². The average molecular weight is 327 g/mol. The highest BCUT2D eigenvalue weighted by Crippen LogP contribution is 2.44. The van der Waals surface area contributed by atoms with Gasteiger partial charge in [0.15, 0.2) is 0 Å². The normalized spacial score (nSPS) is 19.9. The predicted molar refractivity (Wildman–Crippen MR) is 101 cm³/mol. The second-order valence-electron chi connectivity index (χ2n) is 7.00. The van der Waals surface area contributed by atoms with E-state index in [4.69, 9.17) is 11.6 Å². The molecule has 1 atom stereocenters. The van der Waals surface area contributed by atoms with Crippen molar-refractivity contribution >= 4 is 29.2 Å². The molecule has 0 spiro atoms. The van der Waals surface area contributed by atoms with Crippen LogP contribution in [0.2, 0.25) is 5.02 Å². The Morgan fingerprint density at radius 3 is 2.61 bits per heavy atom. The number of fused-ring (bicyclic) bond motifs is 1. The smallest absolute Gasteiger partial charge is 0.0629 e. The van der Waals surface area contributed by atoms with E-state index in [1.165, 1.54) is 11.3 Å². The van der Waals surface area contributed by atoms with Gasteiger partial charge in [0.2, 0.25) is 0 Å². The molecule has 3 rings (SSSR count). The molecule has 2 aromatic rings. The number of anilines is 1. The fourth-order valence-corrected chi connectivity index (χ4v) is 3.57. The van der Waals surface area contributed by atoms with Gasteiger partial charge < -0.3 is 4.90 Å². The van der Waals surface area contributed by atoms with E-state index in [1.807, 2.05) is 36.5 Å². The number of rotatable bonds is 2. The Labute approximate surface area is 143 Å². The topological polar surface area (TPSA) is 15.6 Å². The summed E-state index contributed by atoms with van der Waals surface area (Å²) < 4.78 is 0. The summed E-state index contributed by atoms with van der Waals surface area (Å²) in [5, 5.41) is 0.750. The molecule has 0 fully saturated rings. The van der Waals surface area contributed by atoms with Gasteiger partial charge in [-0.05, 0) is 56.0 Å². The molecule has 0 N–H and O–H groups in total. The van der Waals surface area contributed by atoms with E-state index in [1.54, 1.807) is 0 Å². The summed E-state index contributed by atoms with van der Waals surface area (Å²) in [6.45, 7) is 6.86. The minimum atomic E-state index is 0.148. The summed E-state index contributed by atoms with van der Waals surface area (Å²) in [7, 11) is 2.15. The second-order valence-corrected chi connectivity index (χ2v) is 7.41. The van der Waals surface area contributed by atoms with E-state index < -0.39 is 0 Å². The van der Waals surface area contributed by atoms with Crippen molar-refractivity contribution in [1.82, 2.24) is 0 Å². The molecule has 23 heavy (non-hydrogen) atoms. The molecular formula is C20H23ClN2. The molecule has 3 heteroatoms. The van der Waals surface area contributed by atoms with Crippen molar-refractivity contribution in [3.63, 3.8) is 0 Å². The van der Waals surface area contributed by atoms with Crippen LogP contribution in [0.25, 0.3) is 0 Å². The van der Waals surface area contributed by atoms with Gasteiger partial charge in [0.05, 0.1) is 10.7 Å². The molecule has 1 aliphatic rings. The highest BCUT2D eigenvalue weighted by atomic mass is 35.5. The summed E-state index contributed by atoms with van der Waals surface area (Å²) in [4.78, 5) is 6.88. The summed E-state index contributed by atoms with van der Waals surface area (Å²) in [5.74, 6) is 0.511. The molecule has 0 aliphatic carbocycles. The Morgan fingerprint density at radius 2 is 1.91 bits per heavy atom. The lowest BCUT2D eigenvalue weighted by atomic mass is 9.80. The first-order valence-electron chi connectivity index (χ1n) is 8.05. The van der Waals surface area contributed by atoms with E-state index in [0.29, 0.717) is 5.92 Å². The third-order valence-corrected chi connectivity index (χ3v) is 5.19. The average Bonchev–Trinajstić information content (AvgIpc) is 2.52. The van der Waals surface area contributed by atoms with Crippen LogP contribution in [0.5, 0.6) is 0 Å². The number of halogens is 1. The van der Waals surface area contributed by atoms with E-state index in [9.17, 15) is 0 Å². The molecule has 2 aromatic carbocycles. The van der Waals surface area contributed by atoms with Crippen LogP contribution in [0, 0.1) is 0 Å². The van der Waals surface area contributed by atoms with Crippen molar-refractivity contribution in [3.8, 4) is 0 Å². The van der Waals surface area contributed by atoms with Crippen LogP contribution in [0.4, 0.5) is 11.4 Å². The number of hydrogen-bond donors (Lipinski definition) is 0. The molecule has 0 saturated heterocycles. The maximum atomic E-state index is 6.52. The Bertz CT molecular complexity index is 735. The minimum absolute atomic E-state index is 0.148. The van der Waals surface area contributed by atoms with Gasteiger partial charge in [-0.2, -0.15) is 0 Å². The Hall–Kier alpha value is -1.80. The van der Waals surface area contributed by atoms with E-state index in [0.717, 1.165) is 22.7 Å². The molecule has 1 heterocycles. The summed E-state index contributed by atoms with van der Waals surface area (Å²) in [5.41, 5.74) is 4.65. The molecule has 0 bridgehead atoms. The maximum absolute atomic E-state index is 6.52. The third kappa shape index (κ3) is 3.13. The summed E-state index contributed by atoms with van der Waals surface area (Å²) >= 11 is 6.52. The molecule has 0 aromatic heterocycles. The van der Waals surface area contributed by atoms with Crippen molar-refractivity contribution in [2.75, 3.05) is 11.9 Å². The molecule has 0 saturated carbocycles. The lowest BCUT2D eigenvalue weighted by molar-refractivity contribution is 0.395. The predicted octanol–water partition coefficient (Wildman–Crippen LogP) is 5.81. The van der Waals surface area contributed by atoms with Gasteiger partial charge in [-0.15, -0.1) is 0 Å². The van der Waals surface area contributed by atoms with E-state index in [2.05, 4.69) is 49.8 Å². The Kier molecular flexibility index (Phi) is 4.20. The summed E-state index contributed by atoms with van der Waals surface area (Å²) in [6, 6.07) is 14.2. The van der Waals surface area contributed by atoms with Gasteiger partial charge in [-0.1, -0.05) is 36.7 Å². The van der Waals surface area contributed by atoms with Crippen LogP contribution in [0.3, 0.4) is 0 Å². The molecule has 2 nitrogen and oxygen atoms in total. The number of nitrogens with zero attached hydrogens (tertiary/aromatic N) is 2. The number of hydrogen-bond acceptors (Lipinski definition) is 2. The van der Waals surface area contributed by atoms with Crippen LogP contribution >= 0.6 is 11.6 Å². The molecule has 120 valence electrons. The van der Waals surface area contributed by atoms with Crippen LogP contribution in [0.15, 0.2) is 47.5 Å². The SMILES string of the molecule is CC1CC(C)(C)N(C)c2cc(Cl)c(C=Nc3ccccc3)cc21. The van der Waals surface area contributed by atoms with Gasteiger partial charge in [0, 0.05) is 30.1 Å². The first-order chi connectivity index (χ1) is 10.9. The maximum Gasteiger partial charge on any atom is 0.0629 e. The van der Waals surface area contributed by atoms with Crippen LogP contribution in [-0.2, 0) is 0 Å². The number of para-hydroxylation sites is 1. The largest absolute Gasteiger partial charge is 0.369 e. The lowest BCUT2D eigenvalue weighted by Crippen LogP contribution is -2.45. The molecular weight excluding hydrogens is 304 g/mol. The standard InChI is InChI=1S/C20H23ClN2/c1-14-12-20(2,3)23(4)19-11-18(21)15(10-17(14)19)13-22-16-8-6-5-7-9-16/h5-11,13-14H,12H2,1-4H3. The third-order valence-electron chi connectivity index (χ3n) is 4.86. The monoisotopic (exact) mass is 326 g/mol. The molecule has 0 radical (unpaired) electrons. The fourth-order valence-electron chi connectivity index (χ4n) is 3.36. The van der Waals surface area contributed by atoms with Crippen molar-refractivity contribution in [2.45, 2.75) is 38.6 Å². The molecule has 1 aliphatic heterocycles. The molecule has 1 unspecified atom stereocenters. The highest BCUT2D eigenvalue weighted by molar-refractivity contribution is 6.33. The Balaban J connectivity index is 1.99. The van der Waals surface area contributed by atoms with Gasteiger partial charge in [0.1, 0.15) is 0 Å². The quantitative estimate of drug-likeness (QED) is 0.635. The highest BCUT2D eigenvalue weighted by Gasteiger charge is 2.34. The summed E-state index contributed by atoms with van der Waals surface area (Å²) in [6.07, 6.45) is 3.00. The van der Waals surface area contributed by atoms with Crippen LogP contribution in [-0.4, -0.2) is 18.8 Å². The van der Waals surface area contributed by atoms with Crippen molar-refractivity contribution in [3.05, 3.63) is 58.6 Å². The van der Waals surface area contributed by atoms with E-state index in [-0.39, 0.29) is 5.54 Å². The van der Waals surface area contributed by atoms with E-state index >= 15 is 0 Å². The lowest BCUT2D eigenvalue weighted by Gasteiger charge is -2.45. The number of aliphatic imine (C=N–C) groups is 1. The first kappa shape index (κ1) is 16.1. The first-order valence-corrected chi connectivity index (χ1v) is 8.43. The van der Waals surface area contributed by atoms with Gasteiger partial charge in [-0.25, -0.2) is 0 Å². The molecule has 0 amide bonds. The zero-order valence-electron chi connectivity index (χ0n) is 14.2. The zero-order chi connectivity index (χ0) is 16.6. The van der Waals surface area contributed by atoms with Gasteiger partial charge in [0.25, 0.3) is 0 Å². The van der Waals surface area contributed by atoms with Gasteiger partial charge >= 0.3 is 0 Å². The van der Waals surface area contributed by atoms with Crippen LogP contribution < -0.4 is 4.90 Å². The fraction of sp³-hybridized carbons (Fsp3) is 0.350. The van der Waals surface area contributed by atoms with Crippen molar-refractivity contribution in [1.29, 1.82) is 0 Å². The minimum Gasteiger partial charge on any atom is -0.369 e. The van der Waals surface area contributed by atoms with Crippen LogP contribution in [0.1, 0.15) is 44.2 Å².